The molecule has 1 aliphatic heterocycles. The molecule has 34 heavy (non-hydrogen) atoms. The Morgan fingerprint density at radius 1 is 0.941 bits per heavy atom. The van der Waals surface area contributed by atoms with Gasteiger partial charge in [0.05, 0.1) is 10.6 Å². The van der Waals surface area contributed by atoms with Crippen molar-refractivity contribution in [2.75, 3.05) is 43.4 Å². The number of benzene rings is 2. The molecule has 1 N–H and O–H groups in total. The minimum Gasteiger partial charge on any atom is -0.325 e. The van der Waals surface area contributed by atoms with E-state index in [4.69, 9.17) is 0 Å². The van der Waals surface area contributed by atoms with Crippen LogP contribution in [0.2, 0.25) is 0 Å². The highest BCUT2D eigenvalue weighted by Gasteiger charge is 2.29. The Labute approximate surface area is 200 Å². The molecule has 0 saturated carbocycles. The quantitative estimate of drug-likeness (QED) is 0.585. The summed E-state index contributed by atoms with van der Waals surface area (Å²) >= 11 is 0. The number of sulfonamides is 1. The Balaban J connectivity index is 1.76. The maximum absolute atomic E-state index is 14.3. The smallest absolute Gasteiger partial charge is 0.304 e. The molecule has 0 aromatic heterocycles. The molecule has 12 heteroatoms. The predicted octanol–water partition coefficient (Wildman–Crippen LogP) is 2.64. The standard InChI is InChI=1S/C22H29FN4O5S2/c1-25(2)34(31,32)27(21-10-6-5-9-20(21)23)17-22(28)24-18-11-13-19(14-12-18)33(29,30)26-15-7-3-4-8-16-26/h5-6,9-14H,3-4,7-8,15-17H2,1-2H3,(H,24,28). The van der Waals surface area contributed by atoms with Gasteiger partial charge in [0.1, 0.15) is 12.4 Å². The van der Waals surface area contributed by atoms with E-state index in [-0.39, 0.29) is 16.3 Å². The average molecular weight is 513 g/mol. The summed E-state index contributed by atoms with van der Waals surface area (Å²) in [4.78, 5) is 12.8. The van der Waals surface area contributed by atoms with E-state index in [9.17, 15) is 26.0 Å². The molecule has 1 amide bonds. The predicted molar refractivity (Wildman–Crippen MR) is 129 cm³/mol. The number of rotatable bonds is 8. The van der Waals surface area contributed by atoms with Crippen molar-refractivity contribution in [3.05, 3.63) is 54.3 Å². The summed E-state index contributed by atoms with van der Waals surface area (Å²) < 4.78 is 68.7. The van der Waals surface area contributed by atoms with Crippen molar-refractivity contribution in [2.24, 2.45) is 0 Å². The van der Waals surface area contributed by atoms with Crippen molar-refractivity contribution in [3.63, 3.8) is 0 Å². The molecule has 0 unspecified atom stereocenters. The molecule has 0 bridgehead atoms. The molecule has 0 spiro atoms. The van der Waals surface area contributed by atoms with Gasteiger partial charge in [-0.05, 0) is 49.2 Å². The number of carbonyl (C=O) groups excluding carboxylic acids is 1. The number of amides is 1. The fraction of sp³-hybridized carbons (Fsp3) is 0.409. The maximum Gasteiger partial charge on any atom is 0.304 e. The first kappa shape index (κ1) is 26.1. The number of halogens is 1. The number of hydrogen-bond acceptors (Lipinski definition) is 5. The van der Waals surface area contributed by atoms with Crippen LogP contribution in [0.5, 0.6) is 0 Å². The van der Waals surface area contributed by atoms with Crippen LogP contribution in [0.4, 0.5) is 15.8 Å². The van der Waals surface area contributed by atoms with Crippen molar-refractivity contribution in [3.8, 4) is 0 Å². The first-order valence-corrected chi connectivity index (χ1v) is 13.7. The molecule has 1 aliphatic rings. The normalized spacial score (nSPS) is 15.6. The van der Waals surface area contributed by atoms with E-state index in [1.165, 1.54) is 60.9 Å². The SMILES string of the molecule is CN(C)S(=O)(=O)N(CC(=O)Nc1ccc(S(=O)(=O)N2CCCCCC2)cc1)c1ccccc1F. The third kappa shape index (κ3) is 5.93. The highest BCUT2D eigenvalue weighted by atomic mass is 32.2. The van der Waals surface area contributed by atoms with Gasteiger partial charge >= 0.3 is 10.2 Å². The Morgan fingerprint density at radius 3 is 2.09 bits per heavy atom. The summed E-state index contributed by atoms with van der Waals surface area (Å²) in [6.07, 6.45) is 3.65. The minimum absolute atomic E-state index is 0.121. The second kappa shape index (κ2) is 10.8. The van der Waals surface area contributed by atoms with Gasteiger partial charge in [-0.25, -0.2) is 17.1 Å². The molecule has 186 valence electrons. The topological polar surface area (TPSA) is 107 Å². The number of carbonyl (C=O) groups is 1. The Bertz CT molecular complexity index is 1210. The van der Waals surface area contributed by atoms with Crippen LogP contribution < -0.4 is 9.62 Å². The third-order valence-corrected chi connectivity index (χ3v) is 9.21. The Kier molecular flexibility index (Phi) is 8.29. The van der Waals surface area contributed by atoms with Crippen LogP contribution in [-0.4, -0.2) is 65.1 Å². The van der Waals surface area contributed by atoms with Gasteiger partial charge in [0.25, 0.3) is 0 Å². The van der Waals surface area contributed by atoms with E-state index in [2.05, 4.69) is 5.32 Å². The lowest BCUT2D eigenvalue weighted by molar-refractivity contribution is -0.114. The fourth-order valence-electron chi connectivity index (χ4n) is 3.61. The van der Waals surface area contributed by atoms with Gasteiger partial charge in [-0.2, -0.15) is 17.0 Å². The zero-order valence-corrected chi connectivity index (χ0v) is 20.8. The van der Waals surface area contributed by atoms with Crippen LogP contribution in [0.15, 0.2) is 53.4 Å². The van der Waals surface area contributed by atoms with E-state index in [1.807, 2.05) is 0 Å². The highest BCUT2D eigenvalue weighted by Crippen LogP contribution is 2.24. The largest absolute Gasteiger partial charge is 0.325 e. The second-order valence-electron chi connectivity index (χ2n) is 8.14. The lowest BCUT2D eigenvalue weighted by Gasteiger charge is -2.27. The average Bonchev–Trinajstić information content (AvgIpc) is 3.08. The molecule has 0 atom stereocenters. The summed E-state index contributed by atoms with van der Waals surface area (Å²) in [5.41, 5.74) is 0.0285. The molecule has 2 aromatic rings. The maximum atomic E-state index is 14.3. The third-order valence-electron chi connectivity index (χ3n) is 5.49. The summed E-state index contributed by atoms with van der Waals surface area (Å²) in [5.74, 6) is -1.50. The molecular formula is C22H29FN4O5S2. The first-order valence-electron chi connectivity index (χ1n) is 10.9. The molecule has 0 aliphatic carbocycles. The van der Waals surface area contributed by atoms with Crippen molar-refractivity contribution in [2.45, 2.75) is 30.6 Å². The zero-order valence-electron chi connectivity index (χ0n) is 19.1. The van der Waals surface area contributed by atoms with Crippen molar-refractivity contribution < 1.29 is 26.0 Å². The molecule has 1 heterocycles. The van der Waals surface area contributed by atoms with Crippen molar-refractivity contribution in [1.82, 2.24) is 8.61 Å². The Morgan fingerprint density at radius 2 is 1.53 bits per heavy atom. The number of para-hydroxylation sites is 1. The second-order valence-corrected chi connectivity index (χ2v) is 12.1. The lowest BCUT2D eigenvalue weighted by Crippen LogP contribution is -2.44. The first-order chi connectivity index (χ1) is 16.0. The van der Waals surface area contributed by atoms with Gasteiger partial charge in [0.15, 0.2) is 0 Å². The van der Waals surface area contributed by atoms with Gasteiger partial charge in [-0.15, -0.1) is 0 Å². The van der Waals surface area contributed by atoms with Gasteiger partial charge < -0.3 is 5.32 Å². The zero-order chi connectivity index (χ0) is 24.9. The molecule has 1 saturated heterocycles. The van der Waals surface area contributed by atoms with Gasteiger partial charge in [-0.3, -0.25) is 4.79 Å². The number of hydrogen-bond donors (Lipinski definition) is 1. The lowest BCUT2D eigenvalue weighted by atomic mass is 10.2. The molecule has 2 aromatic carbocycles. The van der Waals surface area contributed by atoms with E-state index < -0.39 is 38.5 Å². The number of nitrogens with zero attached hydrogens (tertiary/aromatic N) is 3. The van der Waals surface area contributed by atoms with Crippen LogP contribution >= 0.6 is 0 Å². The van der Waals surface area contributed by atoms with Crippen LogP contribution in [0.1, 0.15) is 25.7 Å². The van der Waals surface area contributed by atoms with E-state index >= 15 is 0 Å². The van der Waals surface area contributed by atoms with E-state index in [0.29, 0.717) is 17.4 Å². The summed E-state index contributed by atoms with van der Waals surface area (Å²) in [7, 11) is -5.23. The monoisotopic (exact) mass is 512 g/mol. The van der Waals surface area contributed by atoms with Crippen LogP contribution in [0.25, 0.3) is 0 Å². The number of nitrogens with one attached hydrogen (secondary N) is 1. The molecule has 0 radical (unpaired) electrons. The van der Waals surface area contributed by atoms with Crippen molar-refractivity contribution >= 4 is 37.5 Å². The fourth-order valence-corrected chi connectivity index (χ4v) is 6.20. The van der Waals surface area contributed by atoms with Gasteiger partial charge in [0.2, 0.25) is 15.9 Å². The molecule has 3 rings (SSSR count). The van der Waals surface area contributed by atoms with Crippen LogP contribution in [0.3, 0.4) is 0 Å². The van der Waals surface area contributed by atoms with Crippen LogP contribution in [0, 0.1) is 5.82 Å². The van der Waals surface area contributed by atoms with E-state index in [0.717, 1.165) is 36.1 Å². The van der Waals surface area contributed by atoms with Crippen LogP contribution in [-0.2, 0) is 25.0 Å². The molecule has 1 fully saturated rings. The van der Waals surface area contributed by atoms with E-state index in [1.54, 1.807) is 0 Å². The van der Waals surface area contributed by atoms with Crippen molar-refractivity contribution in [1.29, 1.82) is 0 Å². The highest BCUT2D eigenvalue weighted by molar-refractivity contribution is 7.90. The molecule has 9 nitrogen and oxygen atoms in total. The summed E-state index contributed by atoms with van der Waals surface area (Å²) in [6, 6.07) is 11.0. The molecular weight excluding hydrogens is 483 g/mol. The summed E-state index contributed by atoms with van der Waals surface area (Å²) in [5, 5.41) is 2.55. The minimum atomic E-state index is -4.16. The Hall–Kier alpha value is -2.54. The summed E-state index contributed by atoms with van der Waals surface area (Å²) in [6.45, 7) is 0.287. The van der Waals surface area contributed by atoms with Gasteiger partial charge in [-0.1, -0.05) is 25.0 Å². The number of anilines is 2. The van der Waals surface area contributed by atoms with Gasteiger partial charge in [0, 0.05) is 32.9 Å².